The van der Waals surface area contributed by atoms with E-state index in [1.54, 1.807) is 6.92 Å². The SMILES string of the molecule is CCOC(=O)C1=C(COC(=O)CCn2ccc3ccccc32)NC(=O)NC1. The maximum atomic E-state index is 12.1. The lowest BCUT2D eigenvalue weighted by atomic mass is 10.2. The number of nitrogens with zero attached hydrogens (tertiary/aromatic N) is 1. The van der Waals surface area contributed by atoms with E-state index in [9.17, 15) is 14.4 Å². The lowest BCUT2D eigenvalue weighted by Crippen LogP contribution is -2.45. The van der Waals surface area contributed by atoms with E-state index < -0.39 is 18.0 Å². The number of hydrogen-bond acceptors (Lipinski definition) is 5. The molecular weight excluding hydrogens is 350 g/mol. The molecule has 0 fully saturated rings. The molecule has 0 unspecified atom stereocenters. The molecule has 0 saturated carbocycles. The number of fused-ring (bicyclic) bond motifs is 1. The Morgan fingerprint density at radius 2 is 2.00 bits per heavy atom. The van der Waals surface area contributed by atoms with E-state index in [0.29, 0.717) is 6.54 Å². The molecular formula is C19H21N3O5. The van der Waals surface area contributed by atoms with Gasteiger partial charge < -0.3 is 24.7 Å². The third-order valence-corrected chi connectivity index (χ3v) is 4.19. The Morgan fingerprint density at radius 1 is 1.19 bits per heavy atom. The van der Waals surface area contributed by atoms with Crippen molar-refractivity contribution in [2.45, 2.75) is 19.9 Å². The van der Waals surface area contributed by atoms with Gasteiger partial charge >= 0.3 is 18.0 Å². The van der Waals surface area contributed by atoms with Gasteiger partial charge in [0, 0.05) is 18.3 Å². The van der Waals surface area contributed by atoms with E-state index in [2.05, 4.69) is 10.6 Å². The van der Waals surface area contributed by atoms with E-state index in [1.807, 2.05) is 41.1 Å². The van der Waals surface area contributed by atoms with E-state index in [-0.39, 0.29) is 37.4 Å². The molecule has 3 rings (SSSR count). The summed E-state index contributed by atoms with van der Waals surface area (Å²) in [5, 5.41) is 6.10. The summed E-state index contributed by atoms with van der Waals surface area (Å²) >= 11 is 0. The first-order valence-corrected chi connectivity index (χ1v) is 8.72. The summed E-state index contributed by atoms with van der Waals surface area (Å²) in [6.07, 6.45) is 2.10. The highest BCUT2D eigenvalue weighted by atomic mass is 16.5. The molecule has 1 aromatic carbocycles. The van der Waals surface area contributed by atoms with Gasteiger partial charge in [0.1, 0.15) is 6.61 Å². The molecule has 1 aromatic heterocycles. The van der Waals surface area contributed by atoms with Gasteiger partial charge in [-0.25, -0.2) is 9.59 Å². The number of urea groups is 1. The first kappa shape index (κ1) is 18.5. The smallest absolute Gasteiger partial charge is 0.337 e. The number of aryl methyl sites for hydroxylation is 1. The Morgan fingerprint density at radius 3 is 2.81 bits per heavy atom. The number of carbonyl (C=O) groups is 3. The van der Waals surface area contributed by atoms with Gasteiger partial charge in [0.25, 0.3) is 0 Å². The van der Waals surface area contributed by atoms with Crippen molar-refractivity contribution in [3.63, 3.8) is 0 Å². The second kappa shape index (κ2) is 8.39. The molecule has 2 amide bonds. The molecule has 0 saturated heterocycles. The van der Waals surface area contributed by atoms with Crippen LogP contribution in [0.25, 0.3) is 10.9 Å². The number of para-hydroxylation sites is 1. The molecule has 8 nitrogen and oxygen atoms in total. The predicted molar refractivity (Wildman–Crippen MR) is 97.7 cm³/mol. The van der Waals surface area contributed by atoms with Crippen molar-refractivity contribution < 1.29 is 23.9 Å². The summed E-state index contributed by atoms with van der Waals surface area (Å²) in [4.78, 5) is 35.5. The van der Waals surface area contributed by atoms with Gasteiger partial charge in [-0.2, -0.15) is 0 Å². The molecule has 1 aliphatic rings. The van der Waals surface area contributed by atoms with Gasteiger partial charge in [-0.3, -0.25) is 4.79 Å². The first-order chi connectivity index (χ1) is 13.1. The van der Waals surface area contributed by atoms with Crippen molar-refractivity contribution in [3.05, 3.63) is 47.8 Å². The number of aromatic nitrogens is 1. The topological polar surface area (TPSA) is 98.7 Å². The molecule has 0 aliphatic carbocycles. The Kier molecular flexibility index (Phi) is 5.75. The quantitative estimate of drug-likeness (QED) is 0.722. The highest BCUT2D eigenvalue weighted by Crippen LogP contribution is 2.15. The van der Waals surface area contributed by atoms with E-state index in [1.165, 1.54) is 0 Å². The third-order valence-electron chi connectivity index (χ3n) is 4.19. The highest BCUT2D eigenvalue weighted by molar-refractivity contribution is 5.93. The number of nitrogens with one attached hydrogen (secondary N) is 2. The standard InChI is InChI=1S/C19H21N3O5/c1-2-26-18(24)14-11-20-19(25)21-15(14)12-27-17(23)8-10-22-9-7-13-5-3-4-6-16(13)22/h3-7,9H,2,8,10-12H2,1H3,(H2,20,21,25). The summed E-state index contributed by atoms with van der Waals surface area (Å²) in [5.74, 6) is -0.967. The molecule has 1 aliphatic heterocycles. The van der Waals surface area contributed by atoms with Crippen molar-refractivity contribution >= 4 is 28.9 Å². The van der Waals surface area contributed by atoms with Crippen molar-refractivity contribution in [1.29, 1.82) is 0 Å². The van der Waals surface area contributed by atoms with E-state index in [0.717, 1.165) is 10.9 Å². The minimum atomic E-state index is -0.546. The van der Waals surface area contributed by atoms with Crippen LogP contribution in [-0.4, -0.2) is 42.3 Å². The normalized spacial score (nSPS) is 13.9. The zero-order chi connectivity index (χ0) is 19.2. The molecule has 142 valence electrons. The fourth-order valence-corrected chi connectivity index (χ4v) is 2.84. The first-order valence-electron chi connectivity index (χ1n) is 8.72. The van der Waals surface area contributed by atoms with Crippen LogP contribution in [0.1, 0.15) is 13.3 Å². The zero-order valence-corrected chi connectivity index (χ0v) is 15.0. The van der Waals surface area contributed by atoms with Crippen LogP contribution in [0.3, 0.4) is 0 Å². The summed E-state index contributed by atoms with van der Waals surface area (Å²) in [5.41, 5.74) is 1.54. The van der Waals surface area contributed by atoms with E-state index >= 15 is 0 Å². The number of rotatable bonds is 7. The van der Waals surface area contributed by atoms with Crippen LogP contribution in [0.15, 0.2) is 47.8 Å². The Labute approximate surface area is 156 Å². The molecule has 2 aromatic rings. The maximum Gasteiger partial charge on any atom is 0.337 e. The number of carbonyl (C=O) groups excluding carboxylic acids is 3. The fraction of sp³-hybridized carbons (Fsp3) is 0.316. The fourth-order valence-electron chi connectivity index (χ4n) is 2.84. The summed E-state index contributed by atoms with van der Waals surface area (Å²) in [6, 6.07) is 9.44. The van der Waals surface area contributed by atoms with Gasteiger partial charge in [0.05, 0.1) is 30.8 Å². The summed E-state index contributed by atoms with van der Waals surface area (Å²) < 4.78 is 12.2. The van der Waals surface area contributed by atoms with Crippen molar-refractivity contribution in [2.24, 2.45) is 0 Å². The number of esters is 2. The molecule has 8 heteroatoms. The Hall–Kier alpha value is -3.29. The Balaban J connectivity index is 1.58. The maximum absolute atomic E-state index is 12.1. The summed E-state index contributed by atoms with van der Waals surface area (Å²) in [7, 11) is 0. The van der Waals surface area contributed by atoms with Crippen LogP contribution >= 0.6 is 0 Å². The predicted octanol–water partition coefficient (Wildman–Crippen LogP) is 1.70. The van der Waals surface area contributed by atoms with Crippen LogP contribution in [-0.2, 0) is 25.6 Å². The second-order valence-electron chi connectivity index (χ2n) is 5.96. The third kappa shape index (κ3) is 4.46. The minimum Gasteiger partial charge on any atom is -0.463 e. The summed E-state index contributed by atoms with van der Waals surface area (Å²) in [6.45, 7) is 2.23. The monoisotopic (exact) mass is 371 g/mol. The van der Waals surface area contributed by atoms with Gasteiger partial charge in [-0.1, -0.05) is 18.2 Å². The molecule has 0 atom stereocenters. The largest absolute Gasteiger partial charge is 0.463 e. The zero-order valence-electron chi connectivity index (χ0n) is 15.0. The number of benzene rings is 1. The lowest BCUT2D eigenvalue weighted by Gasteiger charge is -2.21. The second-order valence-corrected chi connectivity index (χ2v) is 5.96. The molecule has 27 heavy (non-hydrogen) atoms. The van der Waals surface area contributed by atoms with Crippen LogP contribution in [0, 0.1) is 0 Å². The number of hydrogen-bond donors (Lipinski definition) is 2. The van der Waals surface area contributed by atoms with Crippen LogP contribution in [0.5, 0.6) is 0 Å². The number of ether oxygens (including phenoxy) is 2. The minimum absolute atomic E-state index is 0.0346. The van der Waals surface area contributed by atoms with Crippen LogP contribution in [0.2, 0.25) is 0 Å². The molecule has 2 heterocycles. The van der Waals surface area contributed by atoms with Crippen molar-refractivity contribution in [2.75, 3.05) is 19.8 Å². The molecule has 2 N–H and O–H groups in total. The molecule has 0 bridgehead atoms. The van der Waals surface area contributed by atoms with Crippen LogP contribution < -0.4 is 10.6 Å². The van der Waals surface area contributed by atoms with Gasteiger partial charge in [0.2, 0.25) is 0 Å². The molecule has 0 radical (unpaired) electrons. The Bertz CT molecular complexity index is 900. The van der Waals surface area contributed by atoms with E-state index in [4.69, 9.17) is 9.47 Å². The van der Waals surface area contributed by atoms with Crippen LogP contribution in [0.4, 0.5) is 4.79 Å². The van der Waals surface area contributed by atoms with Crippen molar-refractivity contribution in [3.8, 4) is 0 Å². The van der Waals surface area contributed by atoms with Gasteiger partial charge in [-0.15, -0.1) is 0 Å². The highest BCUT2D eigenvalue weighted by Gasteiger charge is 2.24. The lowest BCUT2D eigenvalue weighted by molar-refractivity contribution is -0.143. The number of amides is 2. The van der Waals surface area contributed by atoms with Gasteiger partial charge in [0.15, 0.2) is 0 Å². The van der Waals surface area contributed by atoms with Gasteiger partial charge in [-0.05, 0) is 24.4 Å². The average molecular weight is 371 g/mol. The average Bonchev–Trinajstić information content (AvgIpc) is 3.08. The molecule has 0 spiro atoms. The van der Waals surface area contributed by atoms with Crippen molar-refractivity contribution in [1.82, 2.24) is 15.2 Å².